The third-order valence-electron chi connectivity index (χ3n) is 4.30. The lowest BCUT2D eigenvalue weighted by Crippen LogP contribution is -2.45. The fourth-order valence-electron chi connectivity index (χ4n) is 3.25. The van der Waals surface area contributed by atoms with Crippen LogP contribution < -0.4 is 10.1 Å². The monoisotopic (exact) mass is 422 g/mol. The molecule has 1 fully saturated rings. The number of nitrogens with zero attached hydrogens (tertiary/aromatic N) is 1. The van der Waals surface area contributed by atoms with Gasteiger partial charge < -0.3 is 10.1 Å². The molecule has 3 nitrogen and oxygen atoms in total. The Bertz CT molecular complexity index is 705. The Morgan fingerprint density at radius 3 is 2.15 bits per heavy atom. The van der Waals surface area contributed by atoms with Crippen LogP contribution >= 0.6 is 24.8 Å². The number of aryl methyl sites for hydroxylation is 1. The molecule has 0 aliphatic carbocycles. The van der Waals surface area contributed by atoms with E-state index in [-0.39, 0.29) is 36.6 Å². The van der Waals surface area contributed by atoms with Crippen LogP contribution in [0, 0.1) is 6.92 Å². The van der Waals surface area contributed by atoms with Gasteiger partial charge in [0.1, 0.15) is 5.75 Å². The second-order valence-electron chi connectivity index (χ2n) is 6.22. The van der Waals surface area contributed by atoms with E-state index >= 15 is 0 Å². The number of ether oxygens (including phenoxy) is 1. The zero-order valence-electron chi connectivity index (χ0n) is 14.8. The van der Waals surface area contributed by atoms with Gasteiger partial charge in [0.05, 0.1) is 6.04 Å². The van der Waals surface area contributed by atoms with E-state index in [1.54, 1.807) is 12.1 Å². The van der Waals surface area contributed by atoms with Crippen LogP contribution in [0.25, 0.3) is 0 Å². The number of hydrogen-bond donors (Lipinski definition) is 1. The molecule has 1 saturated heterocycles. The first kappa shape index (κ1) is 23.6. The highest BCUT2D eigenvalue weighted by Crippen LogP contribution is 2.31. The Balaban J connectivity index is 0.00000182. The fourth-order valence-corrected chi connectivity index (χ4v) is 3.25. The van der Waals surface area contributed by atoms with Crippen molar-refractivity contribution in [3.63, 3.8) is 0 Å². The van der Waals surface area contributed by atoms with Crippen molar-refractivity contribution in [2.24, 2.45) is 0 Å². The summed E-state index contributed by atoms with van der Waals surface area (Å²) in [5, 5.41) is 3.33. The van der Waals surface area contributed by atoms with Gasteiger partial charge in [-0.25, -0.2) is 0 Å². The Kier molecular flexibility index (Phi) is 8.88. The van der Waals surface area contributed by atoms with Gasteiger partial charge in [-0.15, -0.1) is 38.0 Å². The SMILES string of the molecule is Cc1cccc([C@@H](c2ccc(OC(F)(F)F)cc2)N2CCNCC2)c1.Cl.Cl. The van der Waals surface area contributed by atoms with Gasteiger partial charge in [0.2, 0.25) is 0 Å². The van der Waals surface area contributed by atoms with Crippen LogP contribution in [0.2, 0.25) is 0 Å². The molecule has 0 bridgehead atoms. The van der Waals surface area contributed by atoms with Gasteiger partial charge in [-0.05, 0) is 30.2 Å². The second-order valence-corrected chi connectivity index (χ2v) is 6.22. The van der Waals surface area contributed by atoms with Gasteiger partial charge in [-0.2, -0.15) is 0 Å². The molecule has 0 saturated carbocycles. The summed E-state index contributed by atoms with van der Waals surface area (Å²) in [5.41, 5.74) is 3.27. The molecule has 2 aromatic carbocycles. The van der Waals surface area contributed by atoms with Crippen LogP contribution in [0.1, 0.15) is 22.7 Å². The summed E-state index contributed by atoms with van der Waals surface area (Å²) >= 11 is 0. The van der Waals surface area contributed by atoms with Crippen molar-refractivity contribution in [1.82, 2.24) is 10.2 Å². The zero-order chi connectivity index (χ0) is 17.9. The van der Waals surface area contributed by atoms with E-state index in [0.29, 0.717) is 0 Å². The number of piperazine rings is 1. The van der Waals surface area contributed by atoms with Crippen LogP contribution in [-0.4, -0.2) is 37.4 Å². The largest absolute Gasteiger partial charge is 0.573 e. The van der Waals surface area contributed by atoms with Crippen LogP contribution in [0.15, 0.2) is 48.5 Å². The van der Waals surface area contributed by atoms with Gasteiger partial charge in [-0.1, -0.05) is 42.0 Å². The van der Waals surface area contributed by atoms with Gasteiger partial charge in [0.15, 0.2) is 0 Å². The maximum Gasteiger partial charge on any atom is 0.573 e. The molecule has 1 N–H and O–H groups in total. The lowest BCUT2D eigenvalue weighted by Gasteiger charge is -2.35. The minimum Gasteiger partial charge on any atom is -0.406 e. The van der Waals surface area contributed by atoms with E-state index in [1.807, 2.05) is 19.1 Å². The normalized spacial score (nSPS) is 16.0. The van der Waals surface area contributed by atoms with Gasteiger partial charge in [0, 0.05) is 26.2 Å². The van der Waals surface area contributed by atoms with Gasteiger partial charge >= 0.3 is 6.36 Å². The highest BCUT2D eigenvalue weighted by Gasteiger charge is 2.31. The summed E-state index contributed by atoms with van der Waals surface area (Å²) in [4.78, 5) is 2.35. The predicted molar refractivity (Wildman–Crippen MR) is 105 cm³/mol. The minimum absolute atomic E-state index is 0. The number of rotatable bonds is 4. The third kappa shape index (κ3) is 6.57. The Hall–Kier alpha value is -1.47. The fraction of sp³-hybridized carbons (Fsp3) is 0.368. The summed E-state index contributed by atoms with van der Waals surface area (Å²) < 4.78 is 41.1. The van der Waals surface area contributed by atoms with E-state index in [9.17, 15) is 13.2 Å². The number of benzene rings is 2. The van der Waals surface area contributed by atoms with Crippen molar-refractivity contribution < 1.29 is 17.9 Å². The first-order valence-electron chi connectivity index (χ1n) is 8.29. The van der Waals surface area contributed by atoms with E-state index in [2.05, 4.69) is 27.1 Å². The van der Waals surface area contributed by atoms with Crippen molar-refractivity contribution in [1.29, 1.82) is 0 Å². The summed E-state index contributed by atoms with van der Waals surface area (Å²) in [6.07, 6.45) is -4.67. The molecule has 0 radical (unpaired) electrons. The van der Waals surface area contributed by atoms with E-state index in [4.69, 9.17) is 0 Å². The molecule has 1 heterocycles. The summed E-state index contributed by atoms with van der Waals surface area (Å²) in [6.45, 7) is 5.62. The van der Waals surface area contributed by atoms with Gasteiger partial charge in [-0.3, -0.25) is 4.90 Å². The summed E-state index contributed by atoms with van der Waals surface area (Å²) in [5.74, 6) is -0.195. The number of alkyl halides is 3. The van der Waals surface area contributed by atoms with Crippen LogP contribution in [0.4, 0.5) is 13.2 Å². The molecular formula is C19H23Cl2F3N2O. The topological polar surface area (TPSA) is 24.5 Å². The molecule has 27 heavy (non-hydrogen) atoms. The summed E-state index contributed by atoms with van der Waals surface area (Å²) in [7, 11) is 0. The Labute approximate surface area is 169 Å². The van der Waals surface area contributed by atoms with Crippen molar-refractivity contribution in [3.8, 4) is 5.75 Å². The average molecular weight is 423 g/mol. The predicted octanol–water partition coefficient (Wildman–Crippen LogP) is 4.73. The first-order chi connectivity index (χ1) is 11.9. The Morgan fingerprint density at radius 2 is 1.59 bits per heavy atom. The second kappa shape index (κ2) is 10.2. The molecule has 0 amide bonds. The molecule has 2 aromatic rings. The minimum atomic E-state index is -4.67. The molecule has 0 aromatic heterocycles. The third-order valence-corrected chi connectivity index (χ3v) is 4.30. The molecule has 8 heteroatoms. The molecule has 0 unspecified atom stereocenters. The highest BCUT2D eigenvalue weighted by atomic mass is 35.5. The first-order valence-corrected chi connectivity index (χ1v) is 8.29. The summed E-state index contributed by atoms with van der Waals surface area (Å²) in [6, 6.07) is 14.5. The molecule has 150 valence electrons. The average Bonchev–Trinajstić information content (AvgIpc) is 2.56. The number of hydrogen-bond acceptors (Lipinski definition) is 3. The quantitative estimate of drug-likeness (QED) is 0.770. The van der Waals surface area contributed by atoms with Crippen molar-refractivity contribution >= 4 is 24.8 Å². The molecule has 1 atom stereocenters. The lowest BCUT2D eigenvalue weighted by atomic mass is 9.95. The van der Waals surface area contributed by atoms with E-state index in [1.165, 1.54) is 12.1 Å². The van der Waals surface area contributed by atoms with Crippen LogP contribution in [0.5, 0.6) is 5.75 Å². The maximum absolute atomic E-state index is 12.4. The van der Waals surface area contributed by atoms with Gasteiger partial charge in [0.25, 0.3) is 0 Å². The zero-order valence-corrected chi connectivity index (χ0v) is 16.5. The number of nitrogens with one attached hydrogen (secondary N) is 1. The van der Waals surface area contributed by atoms with Crippen LogP contribution in [0.3, 0.4) is 0 Å². The number of halogens is 5. The molecule has 3 rings (SSSR count). The molecular weight excluding hydrogens is 400 g/mol. The standard InChI is InChI=1S/C19H21F3N2O.2ClH/c1-14-3-2-4-16(13-14)18(24-11-9-23-10-12-24)15-5-7-17(8-6-15)25-19(20,21)22;;/h2-8,13,18,23H,9-12H2,1H3;2*1H/t18-;;/m1../s1. The van der Waals surface area contributed by atoms with Crippen molar-refractivity contribution in [2.75, 3.05) is 26.2 Å². The molecule has 0 spiro atoms. The van der Waals surface area contributed by atoms with E-state index < -0.39 is 6.36 Å². The van der Waals surface area contributed by atoms with Crippen molar-refractivity contribution in [2.45, 2.75) is 19.3 Å². The lowest BCUT2D eigenvalue weighted by molar-refractivity contribution is -0.274. The molecule has 1 aliphatic rings. The Morgan fingerprint density at radius 1 is 0.963 bits per heavy atom. The van der Waals surface area contributed by atoms with E-state index in [0.717, 1.165) is 42.9 Å². The molecule has 1 aliphatic heterocycles. The smallest absolute Gasteiger partial charge is 0.406 e. The highest BCUT2D eigenvalue weighted by molar-refractivity contribution is 5.85. The van der Waals surface area contributed by atoms with Crippen LogP contribution in [-0.2, 0) is 0 Å². The maximum atomic E-state index is 12.4. The van der Waals surface area contributed by atoms with Crippen molar-refractivity contribution in [3.05, 3.63) is 65.2 Å².